The third-order valence-electron chi connectivity index (χ3n) is 8.40. The first-order chi connectivity index (χ1) is 19.3. The van der Waals surface area contributed by atoms with Crippen LogP contribution in [0.3, 0.4) is 0 Å². The van der Waals surface area contributed by atoms with Crippen molar-refractivity contribution < 1.29 is 14.0 Å². The van der Waals surface area contributed by atoms with Crippen LogP contribution in [-0.2, 0) is 11.3 Å². The van der Waals surface area contributed by atoms with Gasteiger partial charge in [0.1, 0.15) is 17.6 Å². The number of aromatic nitrogens is 3. The van der Waals surface area contributed by atoms with Crippen LogP contribution in [-0.4, -0.2) is 39.2 Å². The number of hydrogen-bond acceptors (Lipinski definition) is 5. The molecule has 2 aromatic heterocycles. The molecule has 2 fully saturated rings. The lowest BCUT2D eigenvalue weighted by Crippen LogP contribution is -2.50. The van der Waals surface area contributed by atoms with Gasteiger partial charge >= 0.3 is 0 Å². The Morgan fingerprint density at radius 2 is 1.82 bits per heavy atom. The third kappa shape index (κ3) is 5.32. The topological polar surface area (TPSA) is 121 Å². The maximum atomic E-state index is 13.9. The van der Waals surface area contributed by atoms with Gasteiger partial charge in [0, 0.05) is 48.7 Å². The molecule has 9 nitrogen and oxygen atoms in total. The lowest BCUT2D eigenvalue weighted by atomic mass is 9.85. The number of H-pyrrole nitrogens is 1. The molecule has 1 aromatic carbocycles. The number of carbonyl (C=O) groups excluding carboxylic acids is 2. The fraction of sp³-hybridized carbons (Fsp3) is 0.467. The molecule has 0 spiro atoms. The summed E-state index contributed by atoms with van der Waals surface area (Å²) in [5.41, 5.74) is 2.97. The highest BCUT2D eigenvalue weighted by Gasteiger charge is 2.48. The zero-order chi connectivity index (χ0) is 28.0. The average Bonchev–Trinajstić information content (AvgIpc) is 3.88. The first-order valence-corrected chi connectivity index (χ1v) is 14.2. The Kier molecular flexibility index (Phi) is 7.04. The van der Waals surface area contributed by atoms with Gasteiger partial charge in [-0.05, 0) is 92.7 Å². The second-order valence-electron chi connectivity index (χ2n) is 11.6. The van der Waals surface area contributed by atoms with Crippen LogP contribution in [0.25, 0.3) is 0 Å². The van der Waals surface area contributed by atoms with Crippen LogP contribution < -0.4 is 21.5 Å². The van der Waals surface area contributed by atoms with Gasteiger partial charge in [-0.25, -0.2) is 4.39 Å². The van der Waals surface area contributed by atoms with E-state index in [9.17, 15) is 18.8 Å². The van der Waals surface area contributed by atoms with Gasteiger partial charge in [-0.3, -0.25) is 19.1 Å². The first kappa shape index (κ1) is 26.4. The summed E-state index contributed by atoms with van der Waals surface area (Å²) in [7, 11) is 0. The maximum absolute atomic E-state index is 13.9. The summed E-state index contributed by atoms with van der Waals surface area (Å²) in [6.07, 6.45) is 6.98. The number of halogens is 1. The molecule has 4 N–H and O–H groups in total. The Balaban J connectivity index is 1.25. The SMILES string of the molecule is CC(C)n1nccc1C(=O)N[C@H](C(=O)Nc1ccc2c(c1)CNCC2c1cc(F)c[nH]c1=O)C(C1CC1)C1CC1. The molecule has 2 amide bonds. The van der Waals surface area contributed by atoms with E-state index >= 15 is 0 Å². The van der Waals surface area contributed by atoms with E-state index in [1.54, 1.807) is 16.9 Å². The summed E-state index contributed by atoms with van der Waals surface area (Å²) in [5.74, 6) is -0.337. The maximum Gasteiger partial charge on any atom is 0.270 e. The molecule has 3 heterocycles. The lowest BCUT2D eigenvalue weighted by molar-refractivity contribution is -0.119. The number of pyridine rings is 1. The fourth-order valence-electron chi connectivity index (χ4n) is 6.22. The number of benzene rings is 1. The van der Waals surface area contributed by atoms with Gasteiger partial charge in [-0.2, -0.15) is 5.10 Å². The van der Waals surface area contributed by atoms with Crippen LogP contribution in [0.4, 0.5) is 10.1 Å². The Hall–Kier alpha value is -3.79. The van der Waals surface area contributed by atoms with Crippen LogP contribution in [0.2, 0.25) is 0 Å². The smallest absolute Gasteiger partial charge is 0.270 e. The number of amides is 2. The summed E-state index contributed by atoms with van der Waals surface area (Å²) in [5, 5.41) is 13.7. The minimum Gasteiger partial charge on any atom is -0.339 e. The van der Waals surface area contributed by atoms with Crippen molar-refractivity contribution in [2.45, 2.75) is 64.1 Å². The molecule has 2 saturated carbocycles. The quantitative estimate of drug-likeness (QED) is 0.326. The van der Waals surface area contributed by atoms with Crippen molar-refractivity contribution in [3.63, 3.8) is 0 Å². The Morgan fingerprint density at radius 1 is 1.07 bits per heavy atom. The molecule has 0 bridgehead atoms. The molecule has 0 radical (unpaired) electrons. The number of rotatable bonds is 9. The minimum atomic E-state index is -0.657. The molecule has 10 heteroatoms. The number of carbonyl (C=O) groups is 2. The third-order valence-corrected chi connectivity index (χ3v) is 8.40. The summed E-state index contributed by atoms with van der Waals surface area (Å²) in [6.45, 7) is 5.00. The van der Waals surface area contributed by atoms with Crippen molar-refractivity contribution in [3.05, 3.63) is 81.3 Å². The highest BCUT2D eigenvalue weighted by Crippen LogP contribution is 2.51. The predicted octanol–water partition coefficient (Wildman–Crippen LogP) is 3.70. The summed E-state index contributed by atoms with van der Waals surface area (Å²) in [4.78, 5) is 42.1. The molecule has 1 unspecified atom stereocenters. The van der Waals surface area contributed by atoms with E-state index in [1.165, 1.54) is 6.07 Å². The molecule has 40 heavy (non-hydrogen) atoms. The van der Waals surface area contributed by atoms with Gasteiger partial charge in [-0.15, -0.1) is 0 Å². The van der Waals surface area contributed by atoms with Crippen LogP contribution in [0.5, 0.6) is 0 Å². The van der Waals surface area contributed by atoms with Crippen molar-refractivity contribution in [3.8, 4) is 0 Å². The van der Waals surface area contributed by atoms with Crippen LogP contribution in [0, 0.1) is 23.6 Å². The zero-order valence-electron chi connectivity index (χ0n) is 22.7. The second kappa shape index (κ2) is 10.6. The van der Waals surface area contributed by atoms with Crippen LogP contribution in [0.15, 0.2) is 47.5 Å². The van der Waals surface area contributed by atoms with E-state index in [4.69, 9.17) is 0 Å². The first-order valence-electron chi connectivity index (χ1n) is 14.2. The molecular formula is C30H35FN6O3. The highest BCUT2D eigenvalue weighted by molar-refractivity contribution is 6.00. The van der Waals surface area contributed by atoms with E-state index in [0.29, 0.717) is 41.9 Å². The molecular weight excluding hydrogens is 511 g/mol. The zero-order valence-corrected chi connectivity index (χ0v) is 22.7. The van der Waals surface area contributed by atoms with Gasteiger partial charge in [0.2, 0.25) is 5.91 Å². The number of aromatic amines is 1. The van der Waals surface area contributed by atoms with Gasteiger partial charge in [-0.1, -0.05) is 6.07 Å². The monoisotopic (exact) mass is 546 g/mol. The fourth-order valence-corrected chi connectivity index (χ4v) is 6.22. The molecule has 1 aliphatic heterocycles. The number of hydrogen-bond donors (Lipinski definition) is 4. The Bertz CT molecular complexity index is 1480. The Labute approximate surface area is 231 Å². The van der Waals surface area contributed by atoms with E-state index in [0.717, 1.165) is 43.0 Å². The van der Waals surface area contributed by atoms with Crippen molar-refractivity contribution in [1.82, 2.24) is 25.4 Å². The van der Waals surface area contributed by atoms with Crippen LogP contribution >= 0.6 is 0 Å². The molecule has 210 valence electrons. The van der Waals surface area contributed by atoms with Gasteiger partial charge in [0.05, 0.1) is 0 Å². The summed E-state index contributed by atoms with van der Waals surface area (Å²) >= 11 is 0. The molecule has 6 rings (SSSR count). The van der Waals surface area contributed by atoms with Crippen molar-refractivity contribution >= 4 is 17.5 Å². The normalized spacial score (nSPS) is 19.4. The van der Waals surface area contributed by atoms with Crippen molar-refractivity contribution in [2.24, 2.45) is 17.8 Å². The van der Waals surface area contributed by atoms with Gasteiger partial charge in [0.15, 0.2) is 0 Å². The van der Waals surface area contributed by atoms with Crippen molar-refractivity contribution in [2.75, 3.05) is 11.9 Å². The van der Waals surface area contributed by atoms with E-state index in [2.05, 4.69) is 26.0 Å². The number of fused-ring (bicyclic) bond motifs is 1. The molecule has 3 aromatic rings. The largest absolute Gasteiger partial charge is 0.339 e. The predicted molar refractivity (Wildman–Crippen MR) is 148 cm³/mol. The highest BCUT2D eigenvalue weighted by atomic mass is 19.1. The van der Waals surface area contributed by atoms with E-state index < -0.39 is 11.9 Å². The molecule has 2 aliphatic carbocycles. The Morgan fingerprint density at radius 3 is 2.52 bits per heavy atom. The number of anilines is 1. The van der Waals surface area contributed by atoms with Gasteiger partial charge in [0.25, 0.3) is 11.5 Å². The minimum absolute atomic E-state index is 0.0154. The second-order valence-corrected chi connectivity index (χ2v) is 11.6. The van der Waals surface area contributed by atoms with Gasteiger partial charge < -0.3 is 20.9 Å². The molecule has 2 atom stereocenters. The summed E-state index contributed by atoms with van der Waals surface area (Å²) < 4.78 is 15.6. The molecule has 0 saturated heterocycles. The van der Waals surface area contributed by atoms with E-state index in [1.807, 2.05) is 32.0 Å². The number of nitrogens with one attached hydrogen (secondary N) is 4. The standard InChI is InChI=1S/C30H35FN6O3/c1-16(2)37-25(9-10-34-37)29(39)36-27(26(17-3-4-17)18-5-6-18)30(40)35-21-7-8-22-19(11-21)13-32-15-24(22)23-12-20(31)14-33-28(23)38/h7-12,14,16-18,24,26-27,32H,3-6,13,15H2,1-2H3,(H,33,38)(H,35,40)(H,36,39)/t24?,27-/m0/s1. The lowest BCUT2D eigenvalue weighted by Gasteiger charge is -2.29. The molecule has 3 aliphatic rings. The number of nitrogens with zero attached hydrogens (tertiary/aromatic N) is 2. The van der Waals surface area contributed by atoms with Crippen molar-refractivity contribution in [1.29, 1.82) is 0 Å². The van der Waals surface area contributed by atoms with E-state index in [-0.39, 0.29) is 35.3 Å². The average molecular weight is 547 g/mol. The summed E-state index contributed by atoms with van der Waals surface area (Å²) in [6, 6.07) is 7.94. The van der Waals surface area contributed by atoms with Crippen LogP contribution in [0.1, 0.15) is 78.7 Å².